The standard InChI is InChI=1S/C12H26O2S2/c1-2-3-4-5-6-7-8-9-10-11-12-14-16(13)15/h2-12H2,1H3,(H,13,15). The third-order valence-electron chi connectivity index (χ3n) is 2.68. The summed E-state index contributed by atoms with van der Waals surface area (Å²) in [5.74, 6) is 0. The van der Waals surface area contributed by atoms with Gasteiger partial charge >= 0.3 is 0 Å². The van der Waals surface area contributed by atoms with Crippen LogP contribution in [0, 0.1) is 0 Å². The van der Waals surface area contributed by atoms with Gasteiger partial charge in [-0.15, -0.1) is 0 Å². The molecular formula is C12H26O2S2. The van der Waals surface area contributed by atoms with Crippen molar-refractivity contribution in [2.75, 3.05) is 6.61 Å². The zero-order valence-electron chi connectivity index (χ0n) is 10.5. The molecule has 0 saturated heterocycles. The summed E-state index contributed by atoms with van der Waals surface area (Å²) in [6, 6.07) is 0. The predicted molar refractivity (Wildman–Crippen MR) is 75.2 cm³/mol. The van der Waals surface area contributed by atoms with Gasteiger partial charge in [0.1, 0.15) is 10.0 Å². The van der Waals surface area contributed by atoms with Gasteiger partial charge in [0.2, 0.25) is 0 Å². The average Bonchev–Trinajstić information content (AvgIpc) is 2.25. The first-order valence-corrected chi connectivity index (χ1v) is 8.54. The number of unbranched alkanes of at least 4 members (excludes halogenated alkanes) is 9. The van der Waals surface area contributed by atoms with E-state index in [0.717, 1.165) is 6.42 Å². The Morgan fingerprint density at radius 1 is 0.875 bits per heavy atom. The Balaban J connectivity index is 2.90. The van der Waals surface area contributed by atoms with Gasteiger partial charge in [-0.1, -0.05) is 64.7 Å². The van der Waals surface area contributed by atoms with Crippen LogP contribution in [-0.4, -0.2) is 11.2 Å². The minimum absolute atomic E-state index is 0.611. The molecule has 0 aliphatic heterocycles. The summed E-state index contributed by atoms with van der Waals surface area (Å²) in [6.45, 7) is 2.86. The highest BCUT2D eigenvalue weighted by atomic mass is 32.8. The summed E-state index contributed by atoms with van der Waals surface area (Å²) in [5, 5.41) is 0. The molecule has 0 spiro atoms. The Hall–Kier alpha value is 0.490. The molecule has 16 heavy (non-hydrogen) atoms. The maximum Gasteiger partial charge on any atom is 0.146 e. The fourth-order valence-electron chi connectivity index (χ4n) is 1.72. The lowest BCUT2D eigenvalue weighted by Gasteiger charge is -2.02. The van der Waals surface area contributed by atoms with Gasteiger partial charge in [-0.25, -0.2) is 0 Å². The maximum absolute atomic E-state index is 8.72. The van der Waals surface area contributed by atoms with Gasteiger partial charge in [0, 0.05) is 11.2 Å². The summed E-state index contributed by atoms with van der Waals surface area (Å²) in [4.78, 5) is 0. The summed E-state index contributed by atoms with van der Waals surface area (Å²) in [6.07, 6.45) is 13.1. The van der Waals surface area contributed by atoms with Crippen LogP contribution in [0.3, 0.4) is 0 Å². The van der Waals surface area contributed by atoms with Crippen molar-refractivity contribution >= 4 is 21.2 Å². The first kappa shape index (κ1) is 16.5. The Morgan fingerprint density at radius 3 is 1.75 bits per heavy atom. The average molecular weight is 266 g/mol. The van der Waals surface area contributed by atoms with Gasteiger partial charge in [-0.2, -0.15) is 0 Å². The smallest absolute Gasteiger partial charge is 0.146 e. The molecule has 0 heterocycles. The zero-order valence-corrected chi connectivity index (χ0v) is 12.1. The van der Waals surface area contributed by atoms with Gasteiger partial charge in [-0.05, 0) is 6.42 Å². The van der Waals surface area contributed by atoms with Crippen LogP contribution < -0.4 is 0 Å². The molecule has 0 rings (SSSR count). The minimum atomic E-state index is -1.25. The van der Waals surface area contributed by atoms with Crippen LogP contribution in [0.5, 0.6) is 0 Å². The third-order valence-corrected chi connectivity index (χ3v) is 3.34. The first-order chi connectivity index (χ1) is 7.77. The van der Waals surface area contributed by atoms with Crippen LogP contribution in [0.4, 0.5) is 0 Å². The highest BCUT2D eigenvalue weighted by molar-refractivity contribution is 8.23. The minimum Gasteiger partial charge on any atom is -0.306 e. The monoisotopic (exact) mass is 266 g/mol. The van der Waals surface area contributed by atoms with Gasteiger partial charge in [0.25, 0.3) is 0 Å². The van der Waals surface area contributed by atoms with E-state index in [1.807, 2.05) is 0 Å². The number of hydrogen-bond acceptors (Lipinski definition) is 2. The Morgan fingerprint density at radius 2 is 1.31 bits per heavy atom. The summed E-state index contributed by atoms with van der Waals surface area (Å²) < 4.78 is 13.6. The molecule has 0 aromatic carbocycles. The van der Waals surface area contributed by atoms with E-state index in [2.05, 4.69) is 18.1 Å². The van der Waals surface area contributed by atoms with Crippen molar-refractivity contribution in [2.24, 2.45) is 0 Å². The summed E-state index contributed by atoms with van der Waals surface area (Å²) in [5.41, 5.74) is 0. The molecule has 98 valence electrons. The van der Waals surface area contributed by atoms with Crippen LogP contribution in [0.2, 0.25) is 0 Å². The van der Waals surface area contributed by atoms with Crippen molar-refractivity contribution in [3.63, 3.8) is 0 Å². The van der Waals surface area contributed by atoms with Crippen LogP contribution in [0.25, 0.3) is 0 Å². The molecule has 0 aromatic rings. The van der Waals surface area contributed by atoms with E-state index >= 15 is 0 Å². The molecule has 0 saturated carbocycles. The molecule has 0 aromatic heterocycles. The molecule has 0 aliphatic carbocycles. The van der Waals surface area contributed by atoms with E-state index < -0.39 is 10.0 Å². The summed E-state index contributed by atoms with van der Waals surface area (Å²) in [7, 11) is -1.25. The topological polar surface area (TPSA) is 29.5 Å². The molecule has 0 radical (unpaired) electrons. The lowest BCUT2D eigenvalue weighted by atomic mass is 10.1. The van der Waals surface area contributed by atoms with E-state index in [1.165, 1.54) is 57.8 Å². The van der Waals surface area contributed by atoms with Crippen LogP contribution in [0.1, 0.15) is 71.1 Å². The van der Waals surface area contributed by atoms with Crippen molar-refractivity contribution < 1.29 is 8.74 Å². The Bertz CT molecular complexity index is 163. The molecule has 1 unspecified atom stereocenters. The fraction of sp³-hybridized carbons (Fsp3) is 1.00. The molecule has 0 bridgehead atoms. The number of hydrogen-bond donors (Lipinski definition) is 1. The summed E-state index contributed by atoms with van der Waals surface area (Å²) >= 11 is 4.51. The molecule has 0 aliphatic rings. The highest BCUT2D eigenvalue weighted by Crippen LogP contribution is 2.10. The van der Waals surface area contributed by atoms with Crippen LogP contribution in [-0.2, 0) is 25.4 Å². The maximum atomic E-state index is 8.72. The molecule has 1 N–H and O–H groups in total. The molecule has 0 amide bonds. The second-order valence-corrected chi connectivity index (χ2v) is 5.75. The largest absolute Gasteiger partial charge is 0.306 e. The van der Waals surface area contributed by atoms with Crippen molar-refractivity contribution in [3.05, 3.63) is 0 Å². The highest BCUT2D eigenvalue weighted by Gasteiger charge is 1.93. The second kappa shape index (κ2) is 13.6. The van der Waals surface area contributed by atoms with E-state index in [1.54, 1.807) is 0 Å². The molecule has 4 heteroatoms. The lowest BCUT2D eigenvalue weighted by Crippen LogP contribution is -1.96. The van der Waals surface area contributed by atoms with Gasteiger partial charge in [-0.3, -0.25) is 4.18 Å². The van der Waals surface area contributed by atoms with Gasteiger partial charge in [0.05, 0.1) is 6.61 Å². The molecule has 2 nitrogen and oxygen atoms in total. The van der Waals surface area contributed by atoms with Crippen molar-refractivity contribution in [1.29, 1.82) is 0 Å². The van der Waals surface area contributed by atoms with E-state index in [4.69, 9.17) is 8.74 Å². The second-order valence-electron chi connectivity index (χ2n) is 4.22. The van der Waals surface area contributed by atoms with E-state index in [9.17, 15) is 0 Å². The Labute approximate surface area is 108 Å². The van der Waals surface area contributed by atoms with Crippen molar-refractivity contribution in [2.45, 2.75) is 71.1 Å². The predicted octanol–water partition coefficient (Wildman–Crippen LogP) is 4.39. The quantitative estimate of drug-likeness (QED) is 0.531. The van der Waals surface area contributed by atoms with E-state index in [0.29, 0.717) is 6.61 Å². The van der Waals surface area contributed by atoms with Crippen LogP contribution >= 0.6 is 0 Å². The lowest BCUT2D eigenvalue weighted by molar-refractivity contribution is 0.322. The van der Waals surface area contributed by atoms with Crippen molar-refractivity contribution in [3.8, 4) is 0 Å². The zero-order chi connectivity index (χ0) is 12.1. The normalized spacial score (nSPS) is 12.9. The number of rotatable bonds is 12. The molecular weight excluding hydrogens is 240 g/mol. The first-order valence-electron chi connectivity index (χ1n) is 6.51. The molecule has 1 atom stereocenters. The molecule has 0 fully saturated rings. The van der Waals surface area contributed by atoms with Crippen LogP contribution in [0.15, 0.2) is 0 Å². The van der Waals surface area contributed by atoms with Gasteiger partial charge < -0.3 is 4.55 Å². The van der Waals surface area contributed by atoms with Gasteiger partial charge in [0.15, 0.2) is 0 Å². The SMILES string of the molecule is CCCCCCCCCCCCOS(O)=S. The third kappa shape index (κ3) is 14.5. The fourth-order valence-corrected chi connectivity index (χ4v) is 2.18. The van der Waals surface area contributed by atoms with E-state index in [-0.39, 0.29) is 0 Å². The Kier molecular flexibility index (Phi) is 14.0. The van der Waals surface area contributed by atoms with Crippen molar-refractivity contribution in [1.82, 2.24) is 0 Å².